The summed E-state index contributed by atoms with van der Waals surface area (Å²) >= 11 is 0. The Morgan fingerprint density at radius 1 is 1.38 bits per heavy atom. The van der Waals surface area contributed by atoms with Crippen molar-refractivity contribution in [3.05, 3.63) is 30.0 Å². The second-order valence-electron chi connectivity index (χ2n) is 7.15. The maximum absolute atomic E-state index is 12.6. The Balaban J connectivity index is 1.51. The molecule has 4 rings (SSSR count). The van der Waals surface area contributed by atoms with Crippen molar-refractivity contribution >= 4 is 16.8 Å². The van der Waals surface area contributed by atoms with E-state index in [2.05, 4.69) is 10.3 Å². The number of hydrogen-bond donors (Lipinski definition) is 3. The minimum absolute atomic E-state index is 0.0257. The molecule has 0 saturated heterocycles. The van der Waals surface area contributed by atoms with Crippen molar-refractivity contribution in [1.82, 2.24) is 10.3 Å². The number of carbonyl (C=O) groups excluding carboxylic acids is 1. The number of amides is 1. The highest BCUT2D eigenvalue weighted by Gasteiger charge is 2.47. The lowest BCUT2D eigenvalue weighted by atomic mass is 9.85. The van der Waals surface area contributed by atoms with Gasteiger partial charge in [-0.2, -0.15) is 0 Å². The lowest BCUT2D eigenvalue weighted by Gasteiger charge is -2.30. The molecule has 0 aliphatic heterocycles. The number of benzene rings is 1. The van der Waals surface area contributed by atoms with Crippen LogP contribution in [0.4, 0.5) is 0 Å². The fourth-order valence-corrected chi connectivity index (χ4v) is 4.84. The first-order valence-corrected chi connectivity index (χ1v) is 8.74. The van der Waals surface area contributed by atoms with Crippen molar-refractivity contribution in [2.45, 2.75) is 31.7 Å². The third kappa shape index (κ3) is 2.47. The maximum Gasteiger partial charge on any atom is 0.224 e. The fourth-order valence-electron chi connectivity index (χ4n) is 4.84. The predicted molar refractivity (Wildman–Crippen MR) is 91.9 cm³/mol. The number of ether oxygens (including phenoxy) is 1. The molecule has 128 valence electrons. The maximum atomic E-state index is 12.6. The van der Waals surface area contributed by atoms with Gasteiger partial charge in [0.05, 0.1) is 13.5 Å². The van der Waals surface area contributed by atoms with Gasteiger partial charge in [0.2, 0.25) is 5.91 Å². The minimum atomic E-state index is 0.0257. The van der Waals surface area contributed by atoms with Gasteiger partial charge in [-0.05, 0) is 48.8 Å². The highest BCUT2D eigenvalue weighted by Crippen LogP contribution is 2.48. The van der Waals surface area contributed by atoms with E-state index in [0.717, 1.165) is 28.6 Å². The van der Waals surface area contributed by atoms with E-state index in [0.29, 0.717) is 18.3 Å². The standard InChI is InChI=1S/C19H24N2O3/c1-24-16-4-2-3-15-18(16)13(9-20-15)8-17(23)21-19-12-6-5-11(7-12)14(19)10-22/h2-4,9,11-12,14,19-20,22H,5-8,10H2,1H3,(H,21,23). The molecule has 1 amide bonds. The second-order valence-corrected chi connectivity index (χ2v) is 7.15. The molecule has 1 aromatic carbocycles. The second kappa shape index (κ2) is 6.13. The highest BCUT2D eigenvalue weighted by molar-refractivity contribution is 5.93. The molecule has 2 fully saturated rings. The van der Waals surface area contributed by atoms with E-state index in [1.165, 1.54) is 12.8 Å². The monoisotopic (exact) mass is 328 g/mol. The van der Waals surface area contributed by atoms with Crippen LogP contribution in [0.1, 0.15) is 24.8 Å². The SMILES string of the molecule is COc1cccc2[nH]cc(CC(=O)NC3C4CCC(C4)C3CO)c12. The molecule has 1 aromatic heterocycles. The summed E-state index contributed by atoms with van der Waals surface area (Å²) in [7, 11) is 1.65. The van der Waals surface area contributed by atoms with E-state index >= 15 is 0 Å². The first kappa shape index (κ1) is 15.5. The molecule has 2 aliphatic rings. The Hall–Kier alpha value is -2.01. The van der Waals surface area contributed by atoms with E-state index in [4.69, 9.17) is 4.74 Å². The number of aliphatic hydroxyl groups excluding tert-OH is 1. The Morgan fingerprint density at radius 2 is 2.21 bits per heavy atom. The van der Waals surface area contributed by atoms with Gasteiger partial charge in [-0.25, -0.2) is 0 Å². The quantitative estimate of drug-likeness (QED) is 0.788. The third-order valence-corrected chi connectivity index (χ3v) is 5.95. The topological polar surface area (TPSA) is 74.4 Å². The molecular formula is C19H24N2O3. The zero-order chi connectivity index (χ0) is 16.7. The van der Waals surface area contributed by atoms with Crippen molar-refractivity contribution < 1.29 is 14.6 Å². The number of H-pyrrole nitrogens is 1. The van der Waals surface area contributed by atoms with Crippen LogP contribution in [-0.2, 0) is 11.2 Å². The third-order valence-electron chi connectivity index (χ3n) is 5.95. The van der Waals surface area contributed by atoms with Crippen LogP contribution in [0.3, 0.4) is 0 Å². The molecule has 0 spiro atoms. The predicted octanol–water partition coefficient (Wildman–Crippen LogP) is 2.24. The van der Waals surface area contributed by atoms with Gasteiger partial charge in [-0.15, -0.1) is 0 Å². The van der Waals surface area contributed by atoms with Crippen molar-refractivity contribution in [1.29, 1.82) is 0 Å². The molecule has 0 radical (unpaired) electrons. The number of aromatic amines is 1. The van der Waals surface area contributed by atoms with Crippen molar-refractivity contribution in [3.8, 4) is 5.75 Å². The molecule has 2 aromatic rings. The summed E-state index contributed by atoms with van der Waals surface area (Å²) in [6.07, 6.45) is 5.73. The number of methoxy groups -OCH3 is 1. The highest BCUT2D eigenvalue weighted by atomic mass is 16.5. The van der Waals surface area contributed by atoms with Gasteiger partial charge in [0, 0.05) is 35.7 Å². The molecule has 3 N–H and O–H groups in total. The van der Waals surface area contributed by atoms with Crippen LogP contribution in [0.2, 0.25) is 0 Å². The summed E-state index contributed by atoms with van der Waals surface area (Å²) in [6.45, 7) is 0.174. The number of carbonyl (C=O) groups is 1. The first-order chi connectivity index (χ1) is 11.7. The molecule has 2 aliphatic carbocycles. The number of aliphatic hydroxyl groups is 1. The zero-order valence-electron chi connectivity index (χ0n) is 13.9. The van der Waals surface area contributed by atoms with Crippen LogP contribution >= 0.6 is 0 Å². The molecule has 5 nitrogen and oxygen atoms in total. The van der Waals surface area contributed by atoms with Gasteiger partial charge in [0.25, 0.3) is 0 Å². The Bertz CT molecular complexity index is 754. The van der Waals surface area contributed by atoms with Crippen LogP contribution in [0.5, 0.6) is 5.75 Å². The normalized spacial score (nSPS) is 28.4. The smallest absolute Gasteiger partial charge is 0.224 e. The van der Waals surface area contributed by atoms with Crippen molar-refractivity contribution in [2.24, 2.45) is 17.8 Å². The van der Waals surface area contributed by atoms with Gasteiger partial charge < -0.3 is 20.1 Å². The Labute approximate surface area is 141 Å². The largest absolute Gasteiger partial charge is 0.496 e. The summed E-state index contributed by atoms with van der Waals surface area (Å²) in [4.78, 5) is 15.8. The number of fused-ring (bicyclic) bond motifs is 3. The number of aromatic nitrogens is 1. The molecular weight excluding hydrogens is 304 g/mol. The van der Waals surface area contributed by atoms with Crippen LogP contribution in [-0.4, -0.2) is 35.8 Å². The zero-order valence-corrected chi connectivity index (χ0v) is 13.9. The van der Waals surface area contributed by atoms with Gasteiger partial charge in [-0.3, -0.25) is 4.79 Å². The molecule has 4 atom stereocenters. The van der Waals surface area contributed by atoms with Gasteiger partial charge >= 0.3 is 0 Å². The lowest BCUT2D eigenvalue weighted by Crippen LogP contribution is -2.45. The van der Waals surface area contributed by atoms with Crippen molar-refractivity contribution in [3.63, 3.8) is 0 Å². The summed E-state index contributed by atoms with van der Waals surface area (Å²) in [6, 6.07) is 5.96. The summed E-state index contributed by atoms with van der Waals surface area (Å²) in [5, 5.41) is 13.8. The molecule has 2 saturated carbocycles. The average molecular weight is 328 g/mol. The Kier molecular flexibility index (Phi) is 3.96. The van der Waals surface area contributed by atoms with E-state index in [-0.39, 0.29) is 24.5 Å². The van der Waals surface area contributed by atoms with Crippen LogP contribution in [0, 0.1) is 17.8 Å². The molecule has 2 bridgehead atoms. The molecule has 24 heavy (non-hydrogen) atoms. The molecule has 5 heteroatoms. The van der Waals surface area contributed by atoms with Crippen LogP contribution in [0.15, 0.2) is 24.4 Å². The van der Waals surface area contributed by atoms with Gasteiger partial charge in [0.15, 0.2) is 0 Å². The first-order valence-electron chi connectivity index (χ1n) is 8.74. The number of hydrogen-bond acceptors (Lipinski definition) is 3. The van der Waals surface area contributed by atoms with Crippen LogP contribution < -0.4 is 10.1 Å². The van der Waals surface area contributed by atoms with Gasteiger partial charge in [-0.1, -0.05) is 6.07 Å². The van der Waals surface area contributed by atoms with E-state index < -0.39 is 0 Å². The van der Waals surface area contributed by atoms with Crippen LogP contribution in [0.25, 0.3) is 10.9 Å². The molecule has 1 heterocycles. The summed E-state index contributed by atoms with van der Waals surface area (Å²) < 4.78 is 5.43. The van der Waals surface area contributed by atoms with E-state index in [1.54, 1.807) is 7.11 Å². The summed E-state index contributed by atoms with van der Waals surface area (Å²) in [5.41, 5.74) is 1.92. The van der Waals surface area contributed by atoms with Gasteiger partial charge in [0.1, 0.15) is 5.75 Å². The average Bonchev–Trinajstić information content (AvgIpc) is 3.29. The molecule has 4 unspecified atom stereocenters. The number of nitrogens with one attached hydrogen (secondary N) is 2. The lowest BCUT2D eigenvalue weighted by molar-refractivity contribution is -0.122. The van der Waals surface area contributed by atoms with Crippen molar-refractivity contribution in [2.75, 3.05) is 13.7 Å². The number of rotatable bonds is 5. The van der Waals surface area contributed by atoms with E-state index in [1.807, 2.05) is 24.4 Å². The Morgan fingerprint density at radius 3 is 3.00 bits per heavy atom. The fraction of sp³-hybridized carbons (Fsp3) is 0.526. The van der Waals surface area contributed by atoms with E-state index in [9.17, 15) is 9.90 Å². The summed E-state index contributed by atoms with van der Waals surface area (Å²) in [5.74, 6) is 2.15. The minimum Gasteiger partial charge on any atom is -0.496 e.